The van der Waals surface area contributed by atoms with E-state index in [4.69, 9.17) is 22.0 Å². The second kappa shape index (κ2) is 7.94. The Bertz CT molecular complexity index is 189. The first-order valence-corrected chi connectivity index (χ1v) is 14.4. The molecule has 89 valence electrons. The predicted octanol–water partition coefficient (Wildman–Crippen LogP) is 4.68. The van der Waals surface area contributed by atoms with Gasteiger partial charge in [0.2, 0.25) is 0 Å². The molecule has 0 aromatic heterocycles. The van der Waals surface area contributed by atoms with Crippen LogP contribution in [-0.2, 0) is 20.8 Å². The van der Waals surface area contributed by atoms with Gasteiger partial charge in [-0.05, 0) is 31.2 Å². The Morgan fingerprint density at radius 2 is 1.50 bits per heavy atom. The van der Waals surface area contributed by atoms with Gasteiger partial charge in [-0.2, -0.15) is 0 Å². The van der Waals surface area contributed by atoms with Crippen molar-refractivity contribution >= 4 is 25.3 Å². The van der Waals surface area contributed by atoms with E-state index in [1.54, 1.807) is 0 Å². The molecule has 0 aromatic rings. The predicted molar refractivity (Wildman–Crippen MR) is 72.7 cm³/mol. The second-order valence-electron chi connectivity index (χ2n) is 5.09. The van der Waals surface area contributed by atoms with E-state index in [2.05, 4.69) is 59.5 Å². The summed E-state index contributed by atoms with van der Waals surface area (Å²) in [4.78, 5) is 4.92. The van der Waals surface area contributed by atoms with Crippen molar-refractivity contribution in [2.45, 2.75) is 39.4 Å². The quantitative estimate of drug-likeness (QED) is 0.638. The fourth-order valence-corrected chi connectivity index (χ4v) is 4.50. The first-order chi connectivity index (χ1) is 7.23. The first kappa shape index (κ1) is 17.6. The topological polar surface area (TPSA) is 14.1 Å². The molecule has 5 heteroatoms. The van der Waals surface area contributed by atoms with Crippen molar-refractivity contribution in [2.24, 2.45) is 0 Å². The van der Waals surface area contributed by atoms with Crippen LogP contribution in [0.25, 0.3) is 4.98 Å². The molecule has 1 rings (SSSR count). The van der Waals surface area contributed by atoms with Crippen LogP contribution in [0.2, 0.25) is 13.1 Å². The molecule has 1 saturated carbocycles. The summed E-state index contributed by atoms with van der Waals surface area (Å²) >= 11 is -0.826. The van der Waals surface area contributed by atoms with Crippen LogP contribution >= 0.6 is 17.0 Å². The van der Waals surface area contributed by atoms with E-state index in [9.17, 15) is 0 Å². The van der Waals surface area contributed by atoms with Gasteiger partial charge in [-0.25, -0.2) is 0 Å². The molecule has 1 aliphatic carbocycles. The zero-order valence-electron chi connectivity index (χ0n) is 10.5. The molecule has 0 spiro atoms. The third kappa shape index (κ3) is 7.87. The molecule has 0 heterocycles. The Kier molecular flexibility index (Phi) is 8.75. The van der Waals surface area contributed by atoms with Crippen molar-refractivity contribution in [3.63, 3.8) is 0 Å². The fraction of sp³-hybridized carbons (Fsp3) is 0.545. The molecule has 16 heavy (non-hydrogen) atoms. The molecule has 1 aliphatic rings. The summed E-state index contributed by atoms with van der Waals surface area (Å²) in [5, 5.41) is 0. The van der Waals surface area contributed by atoms with E-state index in [1.165, 1.54) is 5.54 Å². The van der Waals surface area contributed by atoms with Crippen LogP contribution in [0.1, 0.15) is 20.8 Å². The molecule has 0 N–H and O–H groups in total. The van der Waals surface area contributed by atoms with Crippen LogP contribution in [0.3, 0.4) is 0 Å². The molecule has 1 fully saturated rings. The SMILES string of the molecule is CC(C)(C)[N-][Si](C)(C)[C]1[CH][CH][CH][CH]1.[Cl][Zr+2][Cl]. The average Bonchev–Trinajstić information content (AvgIpc) is 2.51. The summed E-state index contributed by atoms with van der Waals surface area (Å²) in [6, 6.07) is 0. The molecule has 0 amide bonds. The zero-order chi connectivity index (χ0) is 12.8. The number of hydrogen-bond acceptors (Lipinski definition) is 0. The van der Waals surface area contributed by atoms with Crippen molar-refractivity contribution in [1.82, 2.24) is 0 Å². The van der Waals surface area contributed by atoms with Crippen molar-refractivity contribution in [3.05, 3.63) is 36.2 Å². The Morgan fingerprint density at radius 1 is 1.12 bits per heavy atom. The van der Waals surface area contributed by atoms with Gasteiger partial charge < -0.3 is 4.98 Å². The van der Waals surface area contributed by atoms with E-state index < -0.39 is 29.1 Å². The van der Waals surface area contributed by atoms with Gasteiger partial charge in [0, 0.05) is 0 Å². The van der Waals surface area contributed by atoms with Crippen molar-refractivity contribution < 1.29 is 20.8 Å². The minimum absolute atomic E-state index is 0.0903. The number of nitrogens with zero attached hydrogens (tertiary/aromatic N) is 1. The molecule has 0 bridgehead atoms. The van der Waals surface area contributed by atoms with E-state index in [0.29, 0.717) is 0 Å². The van der Waals surface area contributed by atoms with Gasteiger partial charge in [0.05, 0.1) is 0 Å². The van der Waals surface area contributed by atoms with Crippen molar-refractivity contribution in [1.29, 1.82) is 0 Å². The second-order valence-corrected chi connectivity index (χ2v) is 12.7. The summed E-state index contributed by atoms with van der Waals surface area (Å²) in [5.41, 5.74) is 1.52. The Labute approximate surface area is 121 Å². The molecule has 1 nitrogen and oxygen atoms in total. The summed E-state index contributed by atoms with van der Waals surface area (Å²) in [6.07, 6.45) is 8.59. The van der Waals surface area contributed by atoms with Crippen LogP contribution in [0.5, 0.6) is 0 Å². The van der Waals surface area contributed by atoms with Crippen molar-refractivity contribution in [2.75, 3.05) is 0 Å². The van der Waals surface area contributed by atoms with E-state index in [1.807, 2.05) is 0 Å². The average molecular weight is 355 g/mol. The summed E-state index contributed by atoms with van der Waals surface area (Å²) in [6.45, 7) is 11.1. The van der Waals surface area contributed by atoms with E-state index >= 15 is 0 Å². The summed E-state index contributed by atoms with van der Waals surface area (Å²) < 4.78 is 0. The van der Waals surface area contributed by atoms with Crippen LogP contribution in [0, 0.1) is 31.2 Å². The Hall–Kier alpha value is 1.64. The summed E-state index contributed by atoms with van der Waals surface area (Å²) in [5.74, 6) is 0. The van der Waals surface area contributed by atoms with Crippen LogP contribution in [0.15, 0.2) is 0 Å². The maximum atomic E-state index is 4.93. The summed E-state index contributed by atoms with van der Waals surface area (Å²) in [7, 11) is 8.33. The Balaban J connectivity index is 0.000000673. The zero-order valence-corrected chi connectivity index (χ0v) is 15.5. The van der Waals surface area contributed by atoms with E-state index in [-0.39, 0.29) is 5.54 Å². The molecular weight excluding hydrogens is 336 g/mol. The molecule has 0 unspecified atom stereocenters. The van der Waals surface area contributed by atoms with Crippen LogP contribution in [-0.4, -0.2) is 13.8 Å². The minimum atomic E-state index is -1.54. The van der Waals surface area contributed by atoms with Gasteiger partial charge in [-0.15, -0.1) is 5.54 Å². The number of hydrogen-bond donors (Lipinski definition) is 0. The van der Waals surface area contributed by atoms with Crippen molar-refractivity contribution in [3.8, 4) is 0 Å². The molecule has 5 radical (unpaired) electrons. The van der Waals surface area contributed by atoms with Gasteiger partial charge in [0.15, 0.2) is 0 Å². The standard InChI is InChI=1S/C11H19NSi.2ClH.Zr/c1-11(2,3)12-13(4,5)10-8-6-7-9-10;;;/h6-9H,1-5H3;2*1H;/q-1;;;+4/p-2. The van der Waals surface area contributed by atoms with Gasteiger partial charge in [-0.3, -0.25) is 0 Å². The Morgan fingerprint density at radius 3 is 1.81 bits per heavy atom. The molecule has 0 aromatic carbocycles. The van der Waals surface area contributed by atoms with Gasteiger partial charge in [0.25, 0.3) is 0 Å². The van der Waals surface area contributed by atoms with Crippen LogP contribution in [0.4, 0.5) is 0 Å². The monoisotopic (exact) mass is 353 g/mol. The van der Waals surface area contributed by atoms with Gasteiger partial charge >= 0.3 is 37.9 Å². The van der Waals surface area contributed by atoms with Gasteiger partial charge in [-0.1, -0.05) is 42.1 Å². The normalized spacial score (nSPS) is 17.7. The number of halogens is 2. The fourth-order valence-electron chi connectivity index (χ4n) is 1.68. The first-order valence-electron chi connectivity index (χ1n) is 5.15. The third-order valence-electron chi connectivity index (χ3n) is 1.98. The van der Waals surface area contributed by atoms with Crippen LogP contribution < -0.4 is 0 Å². The molecular formula is C11H19Cl2NSiZr+. The molecule has 0 atom stereocenters. The maximum absolute atomic E-state index is 4.93. The number of rotatable bonds is 2. The molecule has 0 saturated heterocycles. The molecule has 0 aliphatic heterocycles. The van der Waals surface area contributed by atoms with Gasteiger partial charge in [0.1, 0.15) is 0 Å². The van der Waals surface area contributed by atoms with E-state index in [0.717, 1.165) is 0 Å². The third-order valence-corrected chi connectivity index (χ3v) is 4.96.